The van der Waals surface area contributed by atoms with Crippen molar-refractivity contribution in [3.8, 4) is 0 Å². The summed E-state index contributed by atoms with van der Waals surface area (Å²) in [5.74, 6) is -0.462. The number of hydrogen-bond acceptors (Lipinski definition) is 4. The molecule has 126 valence electrons. The van der Waals surface area contributed by atoms with Crippen LogP contribution in [-0.4, -0.2) is 40.8 Å². The summed E-state index contributed by atoms with van der Waals surface area (Å²) in [6, 6.07) is 13.4. The Kier molecular flexibility index (Phi) is 5.43. The number of hydrogen-bond donors (Lipinski definition) is 1. The Balaban J connectivity index is 1.57. The first kappa shape index (κ1) is 16.5. The van der Waals surface area contributed by atoms with E-state index in [2.05, 4.69) is 9.88 Å². The molecule has 0 aliphatic carbocycles. The van der Waals surface area contributed by atoms with Crippen LogP contribution in [0.2, 0.25) is 0 Å². The summed E-state index contributed by atoms with van der Waals surface area (Å²) in [6.45, 7) is 2.33. The number of anilines is 1. The van der Waals surface area contributed by atoms with E-state index in [0.717, 1.165) is 29.4 Å². The molecule has 1 saturated heterocycles. The van der Waals surface area contributed by atoms with Crippen LogP contribution >= 0.6 is 0 Å². The average Bonchev–Trinajstić information content (AvgIpc) is 2.67. The average molecular weight is 325 g/mol. The first-order valence-electron chi connectivity index (χ1n) is 8.50. The number of benzene rings is 1. The van der Waals surface area contributed by atoms with Gasteiger partial charge >= 0.3 is 0 Å². The van der Waals surface area contributed by atoms with Gasteiger partial charge in [0.2, 0.25) is 0 Å². The van der Waals surface area contributed by atoms with Crippen LogP contribution in [0.25, 0.3) is 0 Å². The van der Waals surface area contributed by atoms with Crippen LogP contribution in [-0.2, 0) is 6.42 Å². The van der Waals surface area contributed by atoms with Gasteiger partial charge in [0.25, 0.3) is 5.91 Å². The van der Waals surface area contributed by atoms with Gasteiger partial charge in [0.15, 0.2) is 0 Å². The van der Waals surface area contributed by atoms with Crippen LogP contribution in [0.15, 0.2) is 48.7 Å². The topological polar surface area (TPSA) is 56.7 Å². The van der Waals surface area contributed by atoms with Crippen LogP contribution < -0.4 is 4.90 Å². The summed E-state index contributed by atoms with van der Waals surface area (Å²) < 4.78 is 0. The van der Waals surface area contributed by atoms with E-state index in [9.17, 15) is 10.0 Å². The molecule has 0 unspecified atom stereocenters. The minimum absolute atomic E-state index is 0.248. The van der Waals surface area contributed by atoms with Crippen molar-refractivity contribution in [2.24, 2.45) is 0 Å². The second-order valence-electron chi connectivity index (χ2n) is 6.11. The number of rotatable bonds is 5. The Morgan fingerprint density at radius 1 is 1.08 bits per heavy atom. The first-order chi connectivity index (χ1) is 11.7. The third-order valence-electron chi connectivity index (χ3n) is 4.38. The van der Waals surface area contributed by atoms with Crippen LogP contribution in [0, 0.1) is 0 Å². The van der Waals surface area contributed by atoms with Crippen molar-refractivity contribution in [1.29, 1.82) is 0 Å². The molecule has 1 fully saturated rings. The monoisotopic (exact) mass is 325 g/mol. The van der Waals surface area contributed by atoms with Crippen LogP contribution in [0.3, 0.4) is 0 Å². The molecular formula is C19H23N3O2. The number of hydroxylamine groups is 2. The van der Waals surface area contributed by atoms with Gasteiger partial charge in [0.1, 0.15) is 5.69 Å². The van der Waals surface area contributed by atoms with E-state index in [1.54, 1.807) is 12.3 Å². The van der Waals surface area contributed by atoms with Gasteiger partial charge in [-0.15, -0.1) is 0 Å². The number of pyridine rings is 1. The van der Waals surface area contributed by atoms with Gasteiger partial charge in [-0.2, -0.15) is 0 Å². The molecule has 24 heavy (non-hydrogen) atoms. The van der Waals surface area contributed by atoms with Gasteiger partial charge < -0.3 is 4.90 Å². The highest BCUT2D eigenvalue weighted by Gasteiger charge is 2.16. The molecule has 1 amide bonds. The van der Waals surface area contributed by atoms with Crippen LogP contribution in [0.5, 0.6) is 0 Å². The predicted octanol–water partition coefficient (Wildman–Crippen LogP) is 3.15. The summed E-state index contributed by atoms with van der Waals surface area (Å²) in [5.41, 5.74) is 2.39. The zero-order valence-electron chi connectivity index (χ0n) is 13.8. The zero-order chi connectivity index (χ0) is 16.8. The lowest BCUT2D eigenvalue weighted by Crippen LogP contribution is -2.31. The second-order valence-corrected chi connectivity index (χ2v) is 6.11. The molecule has 1 aliphatic rings. The van der Waals surface area contributed by atoms with Gasteiger partial charge in [-0.25, -0.2) is 10.0 Å². The van der Waals surface area contributed by atoms with Crippen LogP contribution in [0.4, 0.5) is 5.69 Å². The predicted molar refractivity (Wildman–Crippen MR) is 93.3 cm³/mol. The maximum Gasteiger partial charge on any atom is 0.295 e. The minimum atomic E-state index is -0.462. The number of amides is 1. The van der Waals surface area contributed by atoms with Crippen molar-refractivity contribution in [3.63, 3.8) is 0 Å². The molecule has 0 atom stereocenters. The lowest BCUT2D eigenvalue weighted by molar-refractivity contribution is -0.0575. The lowest BCUT2D eigenvalue weighted by Gasteiger charge is -2.28. The van der Waals surface area contributed by atoms with E-state index in [4.69, 9.17) is 0 Å². The van der Waals surface area contributed by atoms with E-state index in [-0.39, 0.29) is 12.2 Å². The molecule has 0 radical (unpaired) electrons. The van der Waals surface area contributed by atoms with Gasteiger partial charge in [0, 0.05) is 13.1 Å². The fraction of sp³-hybridized carbons (Fsp3) is 0.368. The summed E-state index contributed by atoms with van der Waals surface area (Å²) in [6.07, 6.45) is 6.01. The summed E-state index contributed by atoms with van der Waals surface area (Å²) in [7, 11) is 0. The van der Waals surface area contributed by atoms with E-state index in [1.165, 1.54) is 19.3 Å². The van der Waals surface area contributed by atoms with E-state index < -0.39 is 5.91 Å². The number of carbonyl (C=O) groups is 1. The maximum atomic E-state index is 12.3. The van der Waals surface area contributed by atoms with Gasteiger partial charge in [-0.05, 0) is 43.4 Å². The quantitative estimate of drug-likeness (QED) is 0.678. The highest BCUT2D eigenvalue weighted by atomic mass is 16.5. The molecule has 2 aromatic rings. The second kappa shape index (κ2) is 7.93. The maximum absolute atomic E-state index is 12.3. The normalized spacial score (nSPS) is 14.5. The van der Waals surface area contributed by atoms with Crippen LogP contribution in [0.1, 0.15) is 35.3 Å². The Morgan fingerprint density at radius 3 is 2.50 bits per heavy atom. The SMILES string of the molecule is O=C(c1ccc(N2CCCCC2)cn1)N(O)CCc1ccccc1. The molecule has 1 N–H and O–H groups in total. The third-order valence-corrected chi connectivity index (χ3v) is 4.38. The highest BCUT2D eigenvalue weighted by molar-refractivity contribution is 5.91. The third kappa shape index (κ3) is 4.11. The molecule has 2 heterocycles. The van der Waals surface area contributed by atoms with Gasteiger partial charge in [-0.3, -0.25) is 10.0 Å². The van der Waals surface area contributed by atoms with Crippen molar-refractivity contribution < 1.29 is 10.0 Å². The molecule has 1 aromatic carbocycles. The molecule has 1 aromatic heterocycles. The Bertz CT molecular complexity index is 652. The molecule has 1 aliphatic heterocycles. The van der Waals surface area contributed by atoms with Crippen molar-refractivity contribution in [1.82, 2.24) is 10.0 Å². The van der Waals surface area contributed by atoms with E-state index in [1.807, 2.05) is 36.4 Å². The minimum Gasteiger partial charge on any atom is -0.370 e. The van der Waals surface area contributed by atoms with E-state index in [0.29, 0.717) is 6.42 Å². The van der Waals surface area contributed by atoms with Gasteiger partial charge in [0.05, 0.1) is 18.4 Å². The fourth-order valence-electron chi connectivity index (χ4n) is 2.97. The largest absolute Gasteiger partial charge is 0.370 e. The molecule has 5 heteroatoms. The molecule has 0 saturated carbocycles. The van der Waals surface area contributed by atoms with Crippen molar-refractivity contribution >= 4 is 11.6 Å². The highest BCUT2D eigenvalue weighted by Crippen LogP contribution is 2.19. The number of carbonyl (C=O) groups excluding carboxylic acids is 1. The lowest BCUT2D eigenvalue weighted by atomic mass is 10.1. The number of piperidine rings is 1. The van der Waals surface area contributed by atoms with Crippen molar-refractivity contribution in [2.45, 2.75) is 25.7 Å². The smallest absolute Gasteiger partial charge is 0.295 e. The number of nitrogens with zero attached hydrogens (tertiary/aromatic N) is 3. The standard InChI is InChI=1S/C19H23N3O2/c23-19(22(24)14-11-16-7-3-1-4-8-16)18-10-9-17(15-20-18)21-12-5-2-6-13-21/h1,3-4,7-10,15,24H,2,5-6,11-14H2. The Morgan fingerprint density at radius 2 is 1.83 bits per heavy atom. The molecule has 5 nitrogen and oxygen atoms in total. The van der Waals surface area contributed by atoms with Gasteiger partial charge in [-0.1, -0.05) is 30.3 Å². The number of aromatic nitrogens is 1. The Hall–Kier alpha value is -2.40. The summed E-state index contributed by atoms with van der Waals surface area (Å²) in [4.78, 5) is 18.8. The first-order valence-corrected chi connectivity index (χ1v) is 8.50. The van der Waals surface area contributed by atoms with E-state index >= 15 is 0 Å². The Labute approximate surface area is 142 Å². The molecule has 0 spiro atoms. The van der Waals surface area contributed by atoms with Crippen molar-refractivity contribution in [3.05, 3.63) is 59.9 Å². The summed E-state index contributed by atoms with van der Waals surface area (Å²) in [5, 5.41) is 10.7. The molecule has 3 rings (SSSR count). The van der Waals surface area contributed by atoms with Crippen molar-refractivity contribution in [2.75, 3.05) is 24.5 Å². The molecular weight excluding hydrogens is 302 g/mol. The summed E-state index contributed by atoms with van der Waals surface area (Å²) >= 11 is 0. The molecule has 0 bridgehead atoms. The zero-order valence-corrected chi connectivity index (χ0v) is 13.8. The fourth-order valence-corrected chi connectivity index (χ4v) is 2.97.